The van der Waals surface area contributed by atoms with E-state index in [9.17, 15) is 8.60 Å². The van der Waals surface area contributed by atoms with Gasteiger partial charge in [0.15, 0.2) is 0 Å². The Kier molecular flexibility index (Phi) is 4.19. The molecule has 0 aliphatic heterocycles. The monoisotopic (exact) mass is 239 g/mol. The summed E-state index contributed by atoms with van der Waals surface area (Å²) in [5, 5.41) is 8.81. The lowest BCUT2D eigenvalue weighted by Gasteiger charge is -2.14. The van der Waals surface area contributed by atoms with Crippen LogP contribution < -0.4 is 0 Å². The SMILES string of the molecule is CC(C)(C#N)CCS(=O)c1ccccc1F. The number of hydrogen-bond donors (Lipinski definition) is 0. The van der Waals surface area contributed by atoms with Gasteiger partial charge in [0, 0.05) is 5.75 Å². The van der Waals surface area contributed by atoms with Crippen molar-refractivity contribution < 1.29 is 8.60 Å². The van der Waals surface area contributed by atoms with Crippen LogP contribution >= 0.6 is 0 Å². The minimum atomic E-state index is -1.37. The van der Waals surface area contributed by atoms with Gasteiger partial charge in [0.2, 0.25) is 0 Å². The second-order valence-corrected chi connectivity index (χ2v) is 5.76. The third-order valence-corrected chi connectivity index (χ3v) is 3.69. The van der Waals surface area contributed by atoms with Gasteiger partial charge in [-0.2, -0.15) is 5.26 Å². The maximum atomic E-state index is 13.3. The van der Waals surface area contributed by atoms with Crippen molar-refractivity contribution in [3.63, 3.8) is 0 Å². The quantitative estimate of drug-likeness (QED) is 0.810. The molecular formula is C12H14FNOS. The van der Waals surface area contributed by atoms with E-state index in [-0.39, 0.29) is 4.90 Å². The van der Waals surface area contributed by atoms with Crippen molar-refractivity contribution in [3.05, 3.63) is 30.1 Å². The van der Waals surface area contributed by atoms with Crippen molar-refractivity contribution in [2.24, 2.45) is 5.41 Å². The maximum absolute atomic E-state index is 13.3. The molecule has 1 atom stereocenters. The average molecular weight is 239 g/mol. The molecular weight excluding hydrogens is 225 g/mol. The lowest BCUT2D eigenvalue weighted by atomic mass is 9.93. The summed E-state index contributed by atoms with van der Waals surface area (Å²) in [6.45, 7) is 3.57. The molecule has 0 saturated heterocycles. The molecule has 0 radical (unpaired) electrons. The van der Waals surface area contributed by atoms with Crippen LogP contribution in [0.3, 0.4) is 0 Å². The number of nitrogens with zero attached hydrogens (tertiary/aromatic N) is 1. The van der Waals surface area contributed by atoms with Crippen LogP contribution in [0.25, 0.3) is 0 Å². The van der Waals surface area contributed by atoms with Crippen molar-refractivity contribution in [2.75, 3.05) is 5.75 Å². The normalized spacial score (nSPS) is 13.1. The van der Waals surface area contributed by atoms with E-state index in [2.05, 4.69) is 6.07 Å². The van der Waals surface area contributed by atoms with Crippen LogP contribution in [0, 0.1) is 22.6 Å². The Balaban J connectivity index is 2.68. The third-order valence-electron chi connectivity index (χ3n) is 2.30. The van der Waals surface area contributed by atoms with E-state index in [1.165, 1.54) is 12.1 Å². The molecule has 0 spiro atoms. The first-order chi connectivity index (χ1) is 7.46. The van der Waals surface area contributed by atoms with Crippen LogP contribution in [-0.4, -0.2) is 9.96 Å². The van der Waals surface area contributed by atoms with Gasteiger partial charge in [-0.1, -0.05) is 12.1 Å². The van der Waals surface area contributed by atoms with Crippen LogP contribution in [0.15, 0.2) is 29.2 Å². The maximum Gasteiger partial charge on any atom is 0.139 e. The summed E-state index contributed by atoms with van der Waals surface area (Å²) in [6.07, 6.45) is 0.491. The topological polar surface area (TPSA) is 40.9 Å². The molecule has 2 nitrogen and oxygen atoms in total. The molecule has 0 heterocycles. The molecule has 1 aromatic rings. The Hall–Kier alpha value is -1.21. The fourth-order valence-corrected chi connectivity index (χ4v) is 2.57. The van der Waals surface area contributed by atoms with Gasteiger partial charge in [-0.05, 0) is 32.4 Å². The van der Waals surface area contributed by atoms with E-state index >= 15 is 0 Å². The van der Waals surface area contributed by atoms with E-state index in [4.69, 9.17) is 5.26 Å². The lowest BCUT2D eigenvalue weighted by Crippen LogP contribution is -2.13. The molecule has 1 unspecified atom stereocenters. The number of rotatable bonds is 4. The van der Waals surface area contributed by atoms with Gasteiger partial charge in [-0.3, -0.25) is 4.21 Å². The Morgan fingerprint density at radius 1 is 1.44 bits per heavy atom. The lowest BCUT2D eigenvalue weighted by molar-refractivity contribution is 0.478. The Morgan fingerprint density at radius 2 is 2.06 bits per heavy atom. The Bertz CT molecular complexity index is 437. The molecule has 1 aromatic carbocycles. The van der Waals surface area contributed by atoms with Gasteiger partial charge >= 0.3 is 0 Å². The van der Waals surface area contributed by atoms with Crippen LogP contribution in [0.5, 0.6) is 0 Å². The summed E-state index contributed by atoms with van der Waals surface area (Å²) in [6, 6.07) is 8.17. The molecule has 1 rings (SSSR count). The fourth-order valence-electron chi connectivity index (χ4n) is 1.14. The van der Waals surface area contributed by atoms with Crippen molar-refractivity contribution in [3.8, 4) is 6.07 Å². The summed E-state index contributed by atoms with van der Waals surface area (Å²) in [7, 11) is -1.37. The molecule has 86 valence electrons. The van der Waals surface area contributed by atoms with Crippen molar-refractivity contribution in [1.29, 1.82) is 5.26 Å². The first-order valence-electron chi connectivity index (χ1n) is 5.00. The van der Waals surface area contributed by atoms with Gasteiger partial charge in [-0.15, -0.1) is 0 Å². The highest BCUT2D eigenvalue weighted by Crippen LogP contribution is 2.21. The molecule has 16 heavy (non-hydrogen) atoms. The highest BCUT2D eigenvalue weighted by Gasteiger charge is 2.19. The van der Waals surface area contributed by atoms with Gasteiger partial charge < -0.3 is 0 Å². The van der Waals surface area contributed by atoms with Crippen molar-refractivity contribution in [2.45, 2.75) is 25.2 Å². The number of halogens is 1. The largest absolute Gasteiger partial charge is 0.254 e. The minimum Gasteiger partial charge on any atom is -0.254 e. The van der Waals surface area contributed by atoms with Gasteiger partial charge in [0.05, 0.1) is 27.2 Å². The van der Waals surface area contributed by atoms with Gasteiger partial charge in [-0.25, -0.2) is 4.39 Å². The Morgan fingerprint density at radius 3 is 2.62 bits per heavy atom. The first kappa shape index (κ1) is 12.9. The standard InChI is InChI=1S/C12H14FNOS/c1-12(2,9-14)7-8-16(15)11-6-4-3-5-10(11)13/h3-6H,7-8H2,1-2H3. The van der Waals surface area contributed by atoms with Crippen molar-refractivity contribution >= 4 is 10.8 Å². The van der Waals surface area contributed by atoms with Crippen LogP contribution in [0.4, 0.5) is 4.39 Å². The van der Waals surface area contributed by atoms with E-state index in [1.54, 1.807) is 26.0 Å². The molecule has 0 amide bonds. The summed E-state index contributed by atoms with van der Waals surface area (Å²) in [5.41, 5.74) is -0.513. The third kappa shape index (κ3) is 3.42. The predicted molar refractivity (Wildman–Crippen MR) is 61.7 cm³/mol. The highest BCUT2D eigenvalue weighted by atomic mass is 32.2. The molecule has 0 aliphatic carbocycles. The molecule has 4 heteroatoms. The van der Waals surface area contributed by atoms with E-state index < -0.39 is 22.0 Å². The molecule has 0 bridgehead atoms. The molecule has 0 aromatic heterocycles. The summed E-state index contributed by atoms with van der Waals surface area (Å²) < 4.78 is 25.1. The highest BCUT2D eigenvalue weighted by molar-refractivity contribution is 7.85. The van der Waals surface area contributed by atoms with Crippen LogP contribution in [-0.2, 0) is 10.8 Å². The zero-order valence-electron chi connectivity index (χ0n) is 9.37. The zero-order valence-corrected chi connectivity index (χ0v) is 10.2. The number of hydrogen-bond acceptors (Lipinski definition) is 2. The van der Waals surface area contributed by atoms with Crippen molar-refractivity contribution in [1.82, 2.24) is 0 Å². The summed E-state index contributed by atoms with van der Waals surface area (Å²) >= 11 is 0. The van der Waals surface area contributed by atoms with Gasteiger partial charge in [0.1, 0.15) is 5.82 Å². The second kappa shape index (κ2) is 5.22. The molecule has 0 aliphatic rings. The predicted octanol–water partition coefficient (Wildman–Crippen LogP) is 2.87. The molecule has 0 saturated carbocycles. The molecule has 0 N–H and O–H groups in total. The summed E-state index contributed by atoms with van der Waals surface area (Å²) in [5.74, 6) is -0.141. The minimum absolute atomic E-state index is 0.219. The van der Waals surface area contributed by atoms with E-state index in [1.807, 2.05) is 0 Å². The Labute approximate surface area is 97.6 Å². The van der Waals surface area contributed by atoms with Crippen LogP contribution in [0.2, 0.25) is 0 Å². The molecule has 0 fully saturated rings. The first-order valence-corrected chi connectivity index (χ1v) is 6.32. The second-order valence-electron chi connectivity index (χ2n) is 4.23. The smallest absolute Gasteiger partial charge is 0.139 e. The number of nitriles is 1. The van der Waals surface area contributed by atoms with E-state index in [0.717, 1.165) is 0 Å². The summed E-state index contributed by atoms with van der Waals surface area (Å²) in [4.78, 5) is 0.219. The van der Waals surface area contributed by atoms with E-state index in [0.29, 0.717) is 12.2 Å². The zero-order chi connectivity index (χ0) is 12.2. The average Bonchev–Trinajstić information content (AvgIpc) is 2.27. The van der Waals surface area contributed by atoms with Gasteiger partial charge in [0.25, 0.3) is 0 Å². The van der Waals surface area contributed by atoms with Crippen LogP contribution in [0.1, 0.15) is 20.3 Å². The number of benzene rings is 1. The fraction of sp³-hybridized carbons (Fsp3) is 0.417.